The molecule has 0 aliphatic carbocycles. The summed E-state index contributed by atoms with van der Waals surface area (Å²) in [6.45, 7) is 4.67. The molecule has 4 rings (SSSR count). The van der Waals surface area contributed by atoms with Crippen LogP contribution in [0.4, 0.5) is 5.69 Å². The quantitative estimate of drug-likeness (QED) is 0.516. The number of rotatable bonds is 6. The average molecular weight is 467 g/mol. The van der Waals surface area contributed by atoms with E-state index < -0.39 is 23.8 Å². The highest BCUT2D eigenvalue weighted by atomic mass is 16.5. The van der Waals surface area contributed by atoms with Crippen LogP contribution in [0.15, 0.2) is 53.5 Å². The van der Waals surface area contributed by atoms with Crippen LogP contribution < -0.4 is 19.7 Å². The van der Waals surface area contributed by atoms with Gasteiger partial charge in [-0.3, -0.25) is 14.9 Å². The summed E-state index contributed by atoms with van der Waals surface area (Å²) in [4.78, 5) is 35.0. The SMILES string of the molecule is CCOC(=O)[C@@H]1C(=O)NC(N2CCN(c3ccccc3OC)CC2)=N[C@H]1c1ccccc1OC. The average Bonchev–Trinajstić information content (AvgIpc) is 2.88. The van der Waals surface area contributed by atoms with Crippen molar-refractivity contribution in [2.45, 2.75) is 13.0 Å². The number of nitrogens with zero attached hydrogens (tertiary/aromatic N) is 3. The van der Waals surface area contributed by atoms with Gasteiger partial charge in [0.05, 0.1) is 26.5 Å². The maximum Gasteiger partial charge on any atom is 0.321 e. The first kappa shape index (κ1) is 23.4. The number of para-hydroxylation sites is 3. The fourth-order valence-electron chi connectivity index (χ4n) is 4.41. The second-order valence-corrected chi connectivity index (χ2v) is 8.00. The van der Waals surface area contributed by atoms with Crippen LogP contribution in [0.5, 0.6) is 11.5 Å². The van der Waals surface area contributed by atoms with E-state index in [1.54, 1.807) is 27.2 Å². The lowest BCUT2D eigenvalue weighted by Gasteiger charge is -2.40. The Hall–Kier alpha value is -3.75. The van der Waals surface area contributed by atoms with E-state index in [2.05, 4.69) is 10.2 Å². The topological polar surface area (TPSA) is 92.7 Å². The molecule has 0 radical (unpaired) electrons. The summed E-state index contributed by atoms with van der Waals surface area (Å²) in [7, 11) is 3.22. The Bertz CT molecular complexity index is 1060. The normalized spacial score (nSPS) is 20.3. The lowest BCUT2D eigenvalue weighted by atomic mass is 9.90. The van der Waals surface area contributed by atoms with Crippen LogP contribution in [0.25, 0.3) is 0 Å². The molecule has 2 aromatic carbocycles. The van der Waals surface area contributed by atoms with Crippen LogP contribution in [0.3, 0.4) is 0 Å². The molecular formula is C25H30N4O5. The molecule has 9 heteroatoms. The summed E-state index contributed by atoms with van der Waals surface area (Å²) >= 11 is 0. The van der Waals surface area contributed by atoms with Gasteiger partial charge in [0.15, 0.2) is 5.92 Å². The van der Waals surface area contributed by atoms with Gasteiger partial charge in [0.2, 0.25) is 11.9 Å². The molecular weight excluding hydrogens is 436 g/mol. The van der Waals surface area contributed by atoms with E-state index >= 15 is 0 Å². The first-order chi connectivity index (χ1) is 16.6. The monoisotopic (exact) mass is 466 g/mol. The summed E-state index contributed by atoms with van der Waals surface area (Å²) in [5.41, 5.74) is 1.71. The largest absolute Gasteiger partial charge is 0.496 e. The second-order valence-electron chi connectivity index (χ2n) is 8.00. The van der Waals surface area contributed by atoms with E-state index in [9.17, 15) is 9.59 Å². The summed E-state index contributed by atoms with van der Waals surface area (Å²) in [6, 6.07) is 14.5. The number of piperazine rings is 1. The molecule has 1 amide bonds. The molecule has 0 unspecified atom stereocenters. The Morgan fingerprint density at radius 2 is 1.59 bits per heavy atom. The third-order valence-electron chi connectivity index (χ3n) is 6.10. The van der Waals surface area contributed by atoms with Crippen LogP contribution in [-0.4, -0.2) is 69.7 Å². The highest BCUT2D eigenvalue weighted by Crippen LogP contribution is 2.36. The van der Waals surface area contributed by atoms with Gasteiger partial charge in [-0.1, -0.05) is 30.3 Å². The molecule has 1 saturated heterocycles. The van der Waals surface area contributed by atoms with Crippen molar-refractivity contribution in [3.05, 3.63) is 54.1 Å². The fraction of sp³-hybridized carbons (Fsp3) is 0.400. The zero-order valence-electron chi connectivity index (χ0n) is 19.7. The maximum absolute atomic E-state index is 13.1. The molecule has 9 nitrogen and oxygen atoms in total. The number of ether oxygens (including phenoxy) is 3. The number of carbonyl (C=O) groups is 2. The Labute approximate surface area is 199 Å². The van der Waals surface area contributed by atoms with Gasteiger partial charge in [-0.05, 0) is 25.1 Å². The molecule has 2 aliphatic rings. The molecule has 2 atom stereocenters. The first-order valence-electron chi connectivity index (χ1n) is 11.4. The Morgan fingerprint density at radius 1 is 0.971 bits per heavy atom. The number of aliphatic imine (C=N–C) groups is 1. The van der Waals surface area contributed by atoms with Gasteiger partial charge in [0.1, 0.15) is 17.5 Å². The van der Waals surface area contributed by atoms with Crippen molar-refractivity contribution in [1.29, 1.82) is 0 Å². The third kappa shape index (κ3) is 4.64. The van der Waals surface area contributed by atoms with Crippen molar-refractivity contribution in [2.75, 3.05) is 51.9 Å². The van der Waals surface area contributed by atoms with Gasteiger partial charge >= 0.3 is 5.97 Å². The number of hydrogen-bond acceptors (Lipinski definition) is 8. The standard InChI is InChI=1S/C25H30N4O5/c1-4-34-24(31)21-22(17-9-5-7-11-19(17)32-2)26-25(27-23(21)30)29-15-13-28(14-16-29)18-10-6-8-12-20(18)33-3/h5-12,21-22H,4,13-16H2,1-3H3,(H,26,27,30)/t21-,22-/m0/s1. The molecule has 180 valence electrons. The van der Waals surface area contributed by atoms with Crippen LogP contribution in [0.2, 0.25) is 0 Å². The minimum absolute atomic E-state index is 0.183. The van der Waals surface area contributed by atoms with Gasteiger partial charge in [0, 0.05) is 31.7 Å². The number of hydrogen-bond donors (Lipinski definition) is 1. The van der Waals surface area contributed by atoms with Gasteiger partial charge < -0.3 is 24.0 Å². The molecule has 0 saturated carbocycles. The minimum Gasteiger partial charge on any atom is -0.496 e. The molecule has 1 fully saturated rings. The van der Waals surface area contributed by atoms with Crippen LogP contribution >= 0.6 is 0 Å². The van der Waals surface area contributed by atoms with Gasteiger partial charge in [-0.2, -0.15) is 0 Å². The second kappa shape index (κ2) is 10.5. The van der Waals surface area contributed by atoms with Crippen molar-refractivity contribution in [1.82, 2.24) is 10.2 Å². The van der Waals surface area contributed by atoms with Crippen LogP contribution in [-0.2, 0) is 14.3 Å². The molecule has 2 heterocycles. The number of nitrogens with one attached hydrogen (secondary N) is 1. The Kier molecular flexibility index (Phi) is 7.20. The fourth-order valence-corrected chi connectivity index (χ4v) is 4.41. The number of methoxy groups -OCH3 is 2. The molecule has 2 aliphatic heterocycles. The predicted molar refractivity (Wildman–Crippen MR) is 128 cm³/mol. The number of carbonyl (C=O) groups excluding carboxylic acids is 2. The van der Waals surface area contributed by atoms with E-state index in [0.717, 1.165) is 24.5 Å². The van der Waals surface area contributed by atoms with Crippen LogP contribution in [0.1, 0.15) is 18.5 Å². The number of guanidine groups is 1. The number of anilines is 1. The molecule has 34 heavy (non-hydrogen) atoms. The summed E-state index contributed by atoms with van der Waals surface area (Å²) in [6.07, 6.45) is 0. The smallest absolute Gasteiger partial charge is 0.321 e. The highest BCUT2D eigenvalue weighted by Gasteiger charge is 2.43. The maximum atomic E-state index is 13.1. The summed E-state index contributed by atoms with van der Waals surface area (Å²) in [5, 5.41) is 2.84. The summed E-state index contributed by atoms with van der Waals surface area (Å²) in [5.74, 6) is -0.254. The van der Waals surface area contributed by atoms with Gasteiger partial charge in [-0.25, -0.2) is 4.99 Å². The third-order valence-corrected chi connectivity index (χ3v) is 6.10. The van der Waals surface area contributed by atoms with E-state index in [1.165, 1.54) is 0 Å². The lowest BCUT2D eigenvalue weighted by Crippen LogP contribution is -2.57. The molecule has 2 aromatic rings. The zero-order valence-corrected chi connectivity index (χ0v) is 19.7. The van der Waals surface area contributed by atoms with Crippen molar-refractivity contribution < 1.29 is 23.8 Å². The molecule has 1 N–H and O–H groups in total. The lowest BCUT2D eigenvalue weighted by molar-refractivity contribution is -0.153. The van der Waals surface area contributed by atoms with E-state index in [-0.39, 0.29) is 6.61 Å². The minimum atomic E-state index is -1.09. The van der Waals surface area contributed by atoms with Crippen molar-refractivity contribution in [3.63, 3.8) is 0 Å². The van der Waals surface area contributed by atoms with Crippen molar-refractivity contribution in [3.8, 4) is 11.5 Å². The molecule has 0 spiro atoms. The summed E-state index contributed by atoms with van der Waals surface area (Å²) < 4.78 is 16.2. The zero-order chi connectivity index (χ0) is 24.1. The first-order valence-corrected chi connectivity index (χ1v) is 11.4. The van der Waals surface area contributed by atoms with Crippen molar-refractivity contribution in [2.24, 2.45) is 10.9 Å². The Morgan fingerprint density at radius 3 is 2.26 bits per heavy atom. The number of benzene rings is 2. The van der Waals surface area contributed by atoms with Crippen molar-refractivity contribution >= 4 is 23.5 Å². The van der Waals surface area contributed by atoms with E-state index in [1.807, 2.05) is 47.4 Å². The van der Waals surface area contributed by atoms with Crippen LogP contribution in [0, 0.1) is 5.92 Å². The van der Waals surface area contributed by atoms with Gasteiger partial charge in [0.25, 0.3) is 0 Å². The molecule has 0 aromatic heterocycles. The van der Waals surface area contributed by atoms with E-state index in [0.29, 0.717) is 30.4 Å². The highest BCUT2D eigenvalue weighted by molar-refractivity contribution is 6.08. The number of esters is 1. The Balaban J connectivity index is 1.59. The predicted octanol–water partition coefficient (Wildman–Crippen LogP) is 2.23. The molecule has 0 bridgehead atoms. The number of amides is 1. The van der Waals surface area contributed by atoms with E-state index in [4.69, 9.17) is 19.2 Å². The van der Waals surface area contributed by atoms with Gasteiger partial charge in [-0.15, -0.1) is 0 Å².